The zero-order valence-electron chi connectivity index (χ0n) is 16.3. The van der Waals surface area contributed by atoms with Gasteiger partial charge in [-0.15, -0.1) is 0 Å². The molecule has 1 amide bonds. The Morgan fingerprint density at radius 1 is 1.17 bits per heavy atom. The molecule has 2 aliphatic heterocycles. The van der Waals surface area contributed by atoms with E-state index in [1.165, 1.54) is 0 Å². The summed E-state index contributed by atoms with van der Waals surface area (Å²) < 4.78 is 0. The number of amidine groups is 1. The highest BCUT2D eigenvalue weighted by Crippen LogP contribution is 2.23. The molecular weight excluding hydrogens is 384 g/mol. The lowest BCUT2D eigenvalue weighted by atomic mass is 10.2. The second kappa shape index (κ2) is 8.78. The van der Waals surface area contributed by atoms with E-state index < -0.39 is 0 Å². The van der Waals surface area contributed by atoms with Gasteiger partial charge in [-0.2, -0.15) is 5.10 Å². The number of aromatic nitrogens is 4. The molecule has 2 aliphatic rings. The number of nitrogens with two attached hydrogens (primary N) is 1. The number of amides is 1. The average molecular weight is 406 g/mol. The van der Waals surface area contributed by atoms with E-state index in [1.54, 1.807) is 23.4 Å². The minimum atomic E-state index is -0.278. The van der Waals surface area contributed by atoms with Crippen molar-refractivity contribution >= 4 is 28.5 Å². The first kappa shape index (κ1) is 19.6. The van der Waals surface area contributed by atoms with Crippen molar-refractivity contribution in [3.05, 3.63) is 58.3 Å². The Kier molecular flexibility index (Phi) is 5.75. The number of hydrogen-bond donors (Lipinski definition) is 3. The summed E-state index contributed by atoms with van der Waals surface area (Å²) in [5.74, 6) is 1.44. The quantitative estimate of drug-likeness (QED) is 0.543. The lowest BCUT2D eigenvalue weighted by Gasteiger charge is -2.20. The summed E-state index contributed by atoms with van der Waals surface area (Å²) in [5, 5.41) is 10.2. The number of hydrogen-bond acceptors (Lipinski definition) is 8. The second-order valence-electron chi connectivity index (χ2n) is 6.79. The SMILES string of the molecule is NCCCNc1n[nH]c(=O)c2ncccc12.O=C1c2ncccc2C2=NCCCN12. The topological polar surface area (TPSA) is 142 Å². The maximum absolute atomic E-state index is 11.8. The molecule has 10 heteroatoms. The molecule has 0 fully saturated rings. The van der Waals surface area contributed by atoms with Crippen LogP contribution in [0, 0.1) is 0 Å². The molecule has 0 saturated carbocycles. The van der Waals surface area contributed by atoms with Gasteiger partial charge in [-0.05, 0) is 43.7 Å². The van der Waals surface area contributed by atoms with Gasteiger partial charge in [-0.1, -0.05) is 0 Å². The normalized spacial score (nSPS) is 14.5. The van der Waals surface area contributed by atoms with Crippen LogP contribution in [-0.4, -0.2) is 63.0 Å². The Morgan fingerprint density at radius 2 is 2.00 bits per heavy atom. The van der Waals surface area contributed by atoms with Gasteiger partial charge in [0.1, 0.15) is 17.0 Å². The van der Waals surface area contributed by atoms with E-state index in [4.69, 9.17) is 5.73 Å². The van der Waals surface area contributed by atoms with Gasteiger partial charge in [0.05, 0.1) is 5.39 Å². The van der Waals surface area contributed by atoms with E-state index in [0.717, 1.165) is 49.3 Å². The highest BCUT2D eigenvalue weighted by Gasteiger charge is 2.35. The first-order valence-corrected chi connectivity index (χ1v) is 9.79. The van der Waals surface area contributed by atoms with E-state index in [2.05, 4.69) is 30.5 Å². The standard InChI is InChI=1S/C10H13N5O.C10H9N3O/c11-4-2-6-13-9-7-3-1-5-12-8(7)10(16)15-14-9;14-10-8-7(3-1-4-11-8)9-12-5-2-6-13(9)10/h1,3,5H,2,4,6,11H2,(H,13,14)(H,15,16);1,3-4H,2,5-6H2. The molecule has 3 aromatic rings. The number of fused-ring (bicyclic) bond motifs is 4. The van der Waals surface area contributed by atoms with E-state index in [9.17, 15) is 9.59 Å². The lowest BCUT2D eigenvalue weighted by molar-refractivity contribution is 0.0850. The molecular formula is C20H22N8O2. The number of carbonyl (C=O) groups is 1. The van der Waals surface area contributed by atoms with Crippen LogP contribution in [-0.2, 0) is 0 Å². The number of carbonyl (C=O) groups excluding carboxylic acids is 1. The summed E-state index contributed by atoms with van der Waals surface area (Å²) >= 11 is 0. The van der Waals surface area contributed by atoms with Crippen molar-refractivity contribution in [2.45, 2.75) is 12.8 Å². The Bertz CT molecular complexity index is 1160. The fraction of sp³-hybridized carbons (Fsp3) is 0.300. The van der Waals surface area contributed by atoms with Crippen molar-refractivity contribution in [3.63, 3.8) is 0 Å². The lowest BCUT2D eigenvalue weighted by Crippen LogP contribution is -2.34. The molecule has 0 unspecified atom stereocenters. The Labute approximate surface area is 172 Å². The molecule has 0 bridgehead atoms. The predicted molar refractivity (Wildman–Crippen MR) is 114 cm³/mol. The van der Waals surface area contributed by atoms with Gasteiger partial charge >= 0.3 is 0 Å². The van der Waals surface area contributed by atoms with Gasteiger partial charge in [-0.25, -0.2) is 5.10 Å². The van der Waals surface area contributed by atoms with Crippen LogP contribution in [0.2, 0.25) is 0 Å². The van der Waals surface area contributed by atoms with Crippen LogP contribution in [0.5, 0.6) is 0 Å². The zero-order valence-corrected chi connectivity index (χ0v) is 16.3. The zero-order chi connectivity index (χ0) is 20.9. The second-order valence-corrected chi connectivity index (χ2v) is 6.79. The maximum Gasteiger partial charge on any atom is 0.290 e. The van der Waals surface area contributed by atoms with Crippen molar-refractivity contribution in [2.75, 3.05) is 31.5 Å². The molecule has 154 valence electrons. The molecule has 30 heavy (non-hydrogen) atoms. The number of aromatic amines is 1. The minimum absolute atomic E-state index is 0.000880. The molecule has 3 aromatic heterocycles. The van der Waals surface area contributed by atoms with Gasteiger partial charge < -0.3 is 11.1 Å². The van der Waals surface area contributed by atoms with Gasteiger partial charge in [-0.3, -0.25) is 29.4 Å². The molecule has 0 atom stereocenters. The molecule has 0 aliphatic carbocycles. The molecule has 10 nitrogen and oxygen atoms in total. The Morgan fingerprint density at radius 3 is 2.87 bits per heavy atom. The smallest absolute Gasteiger partial charge is 0.290 e. The van der Waals surface area contributed by atoms with Crippen LogP contribution >= 0.6 is 0 Å². The maximum atomic E-state index is 11.8. The van der Waals surface area contributed by atoms with Crippen LogP contribution in [0.1, 0.15) is 28.9 Å². The molecule has 0 radical (unpaired) electrons. The van der Waals surface area contributed by atoms with E-state index in [1.807, 2.05) is 18.2 Å². The molecule has 4 N–H and O–H groups in total. The molecule has 0 saturated heterocycles. The molecule has 0 aromatic carbocycles. The predicted octanol–water partition coefficient (Wildman–Crippen LogP) is 0.767. The first-order chi connectivity index (χ1) is 14.7. The molecule has 0 spiro atoms. The van der Waals surface area contributed by atoms with Crippen LogP contribution in [0.4, 0.5) is 5.82 Å². The number of aliphatic imine (C=N–C) groups is 1. The minimum Gasteiger partial charge on any atom is -0.368 e. The van der Waals surface area contributed by atoms with Crippen molar-refractivity contribution in [3.8, 4) is 0 Å². The molecule has 5 heterocycles. The average Bonchev–Trinajstić information content (AvgIpc) is 3.09. The van der Waals surface area contributed by atoms with Crippen molar-refractivity contribution in [1.29, 1.82) is 0 Å². The van der Waals surface area contributed by atoms with Gasteiger partial charge in [0.15, 0.2) is 5.82 Å². The van der Waals surface area contributed by atoms with Crippen molar-refractivity contribution in [2.24, 2.45) is 10.7 Å². The fourth-order valence-electron chi connectivity index (χ4n) is 3.36. The van der Waals surface area contributed by atoms with Gasteiger partial charge in [0.2, 0.25) is 0 Å². The van der Waals surface area contributed by atoms with E-state index in [-0.39, 0.29) is 11.5 Å². The monoisotopic (exact) mass is 406 g/mol. The Hall–Kier alpha value is -3.66. The number of pyridine rings is 2. The summed E-state index contributed by atoms with van der Waals surface area (Å²) in [6.45, 7) is 2.92. The highest BCUT2D eigenvalue weighted by atomic mass is 16.2. The summed E-state index contributed by atoms with van der Waals surface area (Å²) in [5.41, 5.74) is 6.95. The summed E-state index contributed by atoms with van der Waals surface area (Å²) in [7, 11) is 0. The number of nitrogens with zero attached hydrogens (tertiary/aromatic N) is 5. The van der Waals surface area contributed by atoms with Gasteiger partial charge in [0.25, 0.3) is 11.5 Å². The third-order valence-electron chi connectivity index (χ3n) is 4.77. The van der Waals surface area contributed by atoms with E-state index >= 15 is 0 Å². The third-order valence-corrected chi connectivity index (χ3v) is 4.77. The first-order valence-electron chi connectivity index (χ1n) is 9.79. The van der Waals surface area contributed by atoms with Crippen molar-refractivity contribution in [1.82, 2.24) is 25.1 Å². The summed E-state index contributed by atoms with van der Waals surface area (Å²) in [6.07, 6.45) is 5.03. The number of nitrogens with one attached hydrogen (secondary N) is 2. The van der Waals surface area contributed by atoms with Crippen LogP contribution in [0.15, 0.2) is 46.4 Å². The Balaban J connectivity index is 0.000000146. The fourth-order valence-corrected chi connectivity index (χ4v) is 3.36. The highest BCUT2D eigenvalue weighted by molar-refractivity contribution is 6.22. The largest absolute Gasteiger partial charge is 0.368 e. The number of rotatable bonds is 4. The number of H-pyrrole nitrogens is 1. The van der Waals surface area contributed by atoms with Crippen LogP contribution < -0.4 is 16.6 Å². The van der Waals surface area contributed by atoms with Crippen molar-refractivity contribution < 1.29 is 4.79 Å². The third kappa shape index (κ3) is 3.77. The van der Waals surface area contributed by atoms with Gasteiger partial charge in [0, 0.05) is 37.6 Å². The summed E-state index contributed by atoms with van der Waals surface area (Å²) in [4.78, 5) is 37.4. The van der Waals surface area contributed by atoms with Crippen LogP contribution in [0.3, 0.4) is 0 Å². The van der Waals surface area contributed by atoms with Crippen LogP contribution in [0.25, 0.3) is 10.9 Å². The number of anilines is 1. The van der Waals surface area contributed by atoms with E-state index in [0.29, 0.717) is 23.6 Å². The molecule has 5 rings (SSSR count). The summed E-state index contributed by atoms with van der Waals surface area (Å²) in [6, 6.07) is 7.34.